The van der Waals surface area contributed by atoms with Gasteiger partial charge in [-0.05, 0) is 61.4 Å². The van der Waals surface area contributed by atoms with Crippen molar-refractivity contribution in [3.63, 3.8) is 0 Å². The van der Waals surface area contributed by atoms with Gasteiger partial charge in [-0.1, -0.05) is 48.5 Å². The number of hydrogen-bond donors (Lipinski definition) is 1. The number of rotatable bonds is 5. The number of carbonyl (C=O) groups excluding carboxylic acids is 2. The molecule has 1 fully saturated rings. The minimum Gasteiger partial charge on any atom is -0.458 e. The van der Waals surface area contributed by atoms with Crippen LogP contribution >= 0.6 is 0 Å². The summed E-state index contributed by atoms with van der Waals surface area (Å²) >= 11 is 0. The molecular weight excluding hydrogens is 431 g/mol. The van der Waals surface area contributed by atoms with Crippen molar-refractivity contribution in [3.05, 3.63) is 108 Å². The van der Waals surface area contributed by atoms with Crippen LogP contribution in [0.3, 0.4) is 0 Å². The molecule has 34 heavy (non-hydrogen) atoms. The molecule has 170 valence electrons. The number of carbonyl (C=O) groups is 2. The molecule has 2 amide bonds. The van der Waals surface area contributed by atoms with Crippen molar-refractivity contribution in [2.24, 2.45) is 0 Å². The molecule has 1 aromatic heterocycles. The Kier molecular flexibility index (Phi) is 5.28. The smallest absolute Gasteiger partial charge is 0.259 e. The topological polar surface area (TPSA) is 62.6 Å². The second-order valence-corrected chi connectivity index (χ2v) is 8.47. The predicted molar refractivity (Wildman–Crippen MR) is 129 cm³/mol. The van der Waals surface area contributed by atoms with Crippen LogP contribution in [-0.4, -0.2) is 11.8 Å². The fourth-order valence-electron chi connectivity index (χ4n) is 4.45. The number of hydrogen-bond acceptors (Lipinski definition) is 3. The van der Waals surface area contributed by atoms with Crippen LogP contribution < -0.4 is 10.2 Å². The summed E-state index contributed by atoms with van der Waals surface area (Å²) < 4.78 is 20.5. The third kappa shape index (κ3) is 3.39. The number of furan rings is 1. The summed E-state index contributed by atoms with van der Waals surface area (Å²) in [5.74, 6) is -0.445. The van der Waals surface area contributed by atoms with E-state index in [1.54, 1.807) is 30.3 Å². The number of amides is 2. The Balaban J connectivity index is 1.63. The Morgan fingerprint density at radius 1 is 0.912 bits per heavy atom. The number of benzene rings is 3. The monoisotopic (exact) mass is 454 g/mol. The highest BCUT2D eigenvalue weighted by Gasteiger charge is 2.61. The molecule has 1 atom stereocenters. The van der Waals surface area contributed by atoms with Crippen molar-refractivity contribution in [3.8, 4) is 11.3 Å². The molecule has 2 heterocycles. The molecule has 5 nitrogen and oxygen atoms in total. The normalized spacial score (nSPS) is 17.4. The largest absolute Gasteiger partial charge is 0.458 e. The fraction of sp³-hybridized carbons (Fsp3) is 0.143. The van der Waals surface area contributed by atoms with Gasteiger partial charge in [-0.2, -0.15) is 0 Å². The molecule has 5 rings (SSSR count). The van der Waals surface area contributed by atoms with Gasteiger partial charge in [0.05, 0.1) is 12.0 Å². The lowest BCUT2D eigenvalue weighted by molar-refractivity contribution is -0.138. The van der Waals surface area contributed by atoms with Crippen molar-refractivity contribution in [1.82, 2.24) is 0 Å². The first-order valence-corrected chi connectivity index (χ1v) is 11.0. The Morgan fingerprint density at radius 2 is 1.59 bits per heavy atom. The Morgan fingerprint density at radius 3 is 2.29 bits per heavy atom. The molecule has 0 aliphatic carbocycles. The lowest BCUT2D eigenvalue weighted by atomic mass is 9.79. The average molecular weight is 455 g/mol. The molecule has 0 saturated carbocycles. The van der Waals surface area contributed by atoms with Crippen molar-refractivity contribution in [1.29, 1.82) is 0 Å². The summed E-state index contributed by atoms with van der Waals surface area (Å²) in [6.07, 6.45) is -0.0662. The summed E-state index contributed by atoms with van der Waals surface area (Å²) in [5.41, 5.74) is 1.90. The SMILES string of the molecule is Cc1ccccc1NC(=O)C1(c2ccc(-c3ccccc3F)o2)CC(=O)N1c1ccccc1C. The van der Waals surface area contributed by atoms with Gasteiger partial charge in [0.15, 0.2) is 5.54 Å². The van der Waals surface area contributed by atoms with E-state index >= 15 is 0 Å². The zero-order valence-corrected chi connectivity index (χ0v) is 18.8. The van der Waals surface area contributed by atoms with Crippen molar-refractivity contribution < 1.29 is 18.4 Å². The van der Waals surface area contributed by atoms with Crippen molar-refractivity contribution >= 4 is 23.2 Å². The molecule has 0 bridgehead atoms. The number of β-lactam (4-membered cyclic amide) rings is 1. The first-order chi connectivity index (χ1) is 16.4. The Labute approximate surface area is 196 Å². The number of aryl methyl sites for hydroxylation is 2. The van der Waals surface area contributed by atoms with Gasteiger partial charge in [-0.3, -0.25) is 14.5 Å². The lowest BCUT2D eigenvalue weighted by Gasteiger charge is -2.49. The van der Waals surface area contributed by atoms with E-state index in [0.717, 1.165) is 11.1 Å². The maximum atomic E-state index is 14.4. The highest BCUT2D eigenvalue weighted by atomic mass is 19.1. The minimum absolute atomic E-state index is 0.0662. The summed E-state index contributed by atoms with van der Waals surface area (Å²) in [6, 6.07) is 24.4. The summed E-state index contributed by atoms with van der Waals surface area (Å²) in [7, 11) is 0. The molecule has 1 N–H and O–H groups in total. The molecule has 1 unspecified atom stereocenters. The summed E-state index contributed by atoms with van der Waals surface area (Å²) in [5, 5.41) is 2.98. The zero-order chi connectivity index (χ0) is 23.9. The molecule has 1 aliphatic rings. The molecule has 4 aromatic rings. The number of nitrogens with zero attached hydrogens (tertiary/aromatic N) is 1. The van der Waals surface area contributed by atoms with E-state index < -0.39 is 11.4 Å². The van der Waals surface area contributed by atoms with Crippen LogP contribution in [0.2, 0.25) is 0 Å². The minimum atomic E-state index is -1.41. The first-order valence-electron chi connectivity index (χ1n) is 11.0. The molecule has 1 saturated heterocycles. The molecule has 1 aliphatic heterocycles. The van der Waals surface area contributed by atoms with Crippen LogP contribution in [0.5, 0.6) is 0 Å². The number of nitrogens with one attached hydrogen (secondary N) is 1. The quantitative estimate of drug-likeness (QED) is 0.378. The number of anilines is 2. The molecule has 0 radical (unpaired) electrons. The van der Waals surface area contributed by atoms with E-state index in [1.807, 2.05) is 62.4 Å². The number of para-hydroxylation sites is 2. The van der Waals surface area contributed by atoms with E-state index in [0.29, 0.717) is 17.1 Å². The van der Waals surface area contributed by atoms with Gasteiger partial charge in [0, 0.05) is 11.4 Å². The molecular formula is C28H23FN2O3. The second-order valence-electron chi connectivity index (χ2n) is 8.47. The second kappa shape index (κ2) is 8.30. The summed E-state index contributed by atoms with van der Waals surface area (Å²) in [4.78, 5) is 28.3. The van der Waals surface area contributed by atoms with Crippen molar-refractivity contribution in [2.45, 2.75) is 25.8 Å². The fourth-order valence-corrected chi connectivity index (χ4v) is 4.45. The van der Waals surface area contributed by atoms with Gasteiger partial charge in [0.2, 0.25) is 5.91 Å². The number of halogens is 1. The standard InChI is InChI=1S/C28H23FN2O3/c1-18-9-3-7-13-22(18)30-27(33)28(17-26(32)31(28)23-14-8-4-10-19(23)2)25-16-15-24(34-25)20-11-5-6-12-21(20)29/h3-16H,17H2,1-2H3,(H,30,33). The van der Waals surface area contributed by atoms with Gasteiger partial charge in [-0.25, -0.2) is 4.39 Å². The molecule has 6 heteroatoms. The first kappa shape index (κ1) is 21.6. The average Bonchev–Trinajstić information content (AvgIpc) is 3.30. The summed E-state index contributed by atoms with van der Waals surface area (Å²) in [6.45, 7) is 3.79. The van der Waals surface area contributed by atoms with E-state index in [2.05, 4.69) is 5.32 Å². The van der Waals surface area contributed by atoms with Gasteiger partial charge in [0.25, 0.3) is 5.91 Å². The highest BCUT2D eigenvalue weighted by Crippen LogP contribution is 2.48. The van der Waals surface area contributed by atoms with Crippen LogP contribution in [-0.2, 0) is 15.1 Å². The van der Waals surface area contributed by atoms with Crippen LogP contribution in [0.4, 0.5) is 15.8 Å². The molecule has 0 spiro atoms. The van der Waals surface area contributed by atoms with Gasteiger partial charge in [0.1, 0.15) is 17.3 Å². The Hall–Kier alpha value is -4.19. The van der Waals surface area contributed by atoms with E-state index in [-0.39, 0.29) is 29.6 Å². The van der Waals surface area contributed by atoms with E-state index in [1.165, 1.54) is 11.0 Å². The predicted octanol–water partition coefficient (Wildman–Crippen LogP) is 5.97. The van der Waals surface area contributed by atoms with Gasteiger partial charge >= 0.3 is 0 Å². The van der Waals surface area contributed by atoms with E-state index in [9.17, 15) is 14.0 Å². The van der Waals surface area contributed by atoms with Crippen LogP contribution in [0, 0.1) is 19.7 Å². The maximum Gasteiger partial charge on any atom is 0.259 e. The van der Waals surface area contributed by atoms with Crippen LogP contribution in [0.25, 0.3) is 11.3 Å². The Bertz CT molecular complexity index is 1410. The zero-order valence-electron chi connectivity index (χ0n) is 18.8. The molecule has 3 aromatic carbocycles. The third-order valence-corrected chi connectivity index (χ3v) is 6.32. The van der Waals surface area contributed by atoms with Gasteiger partial charge < -0.3 is 9.73 Å². The van der Waals surface area contributed by atoms with Crippen LogP contribution in [0.1, 0.15) is 23.3 Å². The van der Waals surface area contributed by atoms with Crippen LogP contribution in [0.15, 0.2) is 89.3 Å². The van der Waals surface area contributed by atoms with E-state index in [4.69, 9.17) is 4.42 Å². The van der Waals surface area contributed by atoms with Gasteiger partial charge in [-0.15, -0.1) is 0 Å². The lowest BCUT2D eigenvalue weighted by Crippen LogP contribution is -2.67. The third-order valence-electron chi connectivity index (χ3n) is 6.32. The van der Waals surface area contributed by atoms with Crippen molar-refractivity contribution in [2.75, 3.05) is 10.2 Å². The maximum absolute atomic E-state index is 14.4. The highest BCUT2D eigenvalue weighted by molar-refractivity contribution is 6.17.